The standard InChI is InChI=1S/C12H25NO/c1-2-3-10-14-12(11-13)8-6-4-5-7-9-12/h2-11,13H2,1H3. The molecule has 84 valence electrons. The van der Waals surface area contributed by atoms with Crippen LogP contribution in [0.1, 0.15) is 58.3 Å². The van der Waals surface area contributed by atoms with Gasteiger partial charge in [-0.2, -0.15) is 0 Å². The van der Waals surface area contributed by atoms with E-state index in [9.17, 15) is 0 Å². The predicted molar refractivity (Wildman–Crippen MR) is 60.3 cm³/mol. The minimum Gasteiger partial charge on any atom is -0.374 e. The van der Waals surface area contributed by atoms with E-state index in [0.717, 1.165) is 6.61 Å². The molecule has 2 N–H and O–H groups in total. The van der Waals surface area contributed by atoms with Crippen molar-refractivity contribution in [1.29, 1.82) is 0 Å². The lowest BCUT2D eigenvalue weighted by Crippen LogP contribution is -2.40. The van der Waals surface area contributed by atoms with Crippen LogP contribution in [0.15, 0.2) is 0 Å². The summed E-state index contributed by atoms with van der Waals surface area (Å²) in [5.74, 6) is 0. The van der Waals surface area contributed by atoms with E-state index >= 15 is 0 Å². The molecule has 2 heteroatoms. The quantitative estimate of drug-likeness (QED) is 0.546. The lowest BCUT2D eigenvalue weighted by molar-refractivity contribution is -0.0503. The zero-order chi connectivity index (χ0) is 10.3. The third-order valence-electron chi connectivity index (χ3n) is 3.29. The van der Waals surface area contributed by atoms with Gasteiger partial charge in [0.1, 0.15) is 0 Å². The molecule has 14 heavy (non-hydrogen) atoms. The van der Waals surface area contributed by atoms with Gasteiger partial charge < -0.3 is 10.5 Å². The van der Waals surface area contributed by atoms with E-state index in [-0.39, 0.29) is 5.60 Å². The van der Waals surface area contributed by atoms with E-state index in [1.54, 1.807) is 0 Å². The minimum atomic E-state index is 0.0334. The van der Waals surface area contributed by atoms with Crippen molar-refractivity contribution in [2.75, 3.05) is 13.2 Å². The summed E-state index contributed by atoms with van der Waals surface area (Å²) >= 11 is 0. The number of unbranched alkanes of at least 4 members (excludes halogenated alkanes) is 1. The second-order valence-corrected chi connectivity index (χ2v) is 4.50. The second kappa shape index (κ2) is 6.41. The number of ether oxygens (including phenoxy) is 1. The molecule has 0 aliphatic heterocycles. The lowest BCUT2D eigenvalue weighted by Gasteiger charge is -2.31. The third-order valence-corrected chi connectivity index (χ3v) is 3.29. The Morgan fingerprint density at radius 3 is 2.29 bits per heavy atom. The maximum atomic E-state index is 6.02. The van der Waals surface area contributed by atoms with Gasteiger partial charge in [-0.1, -0.05) is 39.0 Å². The summed E-state index contributed by atoms with van der Waals surface area (Å²) in [4.78, 5) is 0. The Kier molecular flexibility index (Phi) is 5.49. The molecule has 0 amide bonds. The summed E-state index contributed by atoms with van der Waals surface area (Å²) in [6, 6.07) is 0. The van der Waals surface area contributed by atoms with Crippen LogP contribution in [0.5, 0.6) is 0 Å². The maximum Gasteiger partial charge on any atom is 0.0804 e. The van der Waals surface area contributed by atoms with Crippen molar-refractivity contribution >= 4 is 0 Å². The molecular formula is C12H25NO. The highest BCUT2D eigenvalue weighted by Gasteiger charge is 2.29. The Morgan fingerprint density at radius 1 is 1.14 bits per heavy atom. The van der Waals surface area contributed by atoms with Crippen molar-refractivity contribution in [2.45, 2.75) is 63.9 Å². The second-order valence-electron chi connectivity index (χ2n) is 4.50. The lowest BCUT2D eigenvalue weighted by atomic mass is 9.94. The molecular weight excluding hydrogens is 174 g/mol. The van der Waals surface area contributed by atoms with Gasteiger partial charge in [-0.25, -0.2) is 0 Å². The fourth-order valence-corrected chi connectivity index (χ4v) is 2.21. The molecule has 0 aromatic carbocycles. The molecule has 1 saturated carbocycles. The van der Waals surface area contributed by atoms with Crippen LogP contribution in [0.4, 0.5) is 0 Å². The van der Waals surface area contributed by atoms with Crippen LogP contribution in [0.25, 0.3) is 0 Å². The van der Waals surface area contributed by atoms with E-state index in [4.69, 9.17) is 10.5 Å². The monoisotopic (exact) mass is 199 g/mol. The Labute approximate surface area is 88.2 Å². The average Bonchev–Trinajstić information content (AvgIpc) is 2.45. The average molecular weight is 199 g/mol. The molecule has 0 aromatic heterocycles. The van der Waals surface area contributed by atoms with Gasteiger partial charge in [0.2, 0.25) is 0 Å². The number of hydrogen-bond donors (Lipinski definition) is 1. The van der Waals surface area contributed by atoms with Crippen LogP contribution >= 0.6 is 0 Å². The molecule has 1 aliphatic rings. The Hall–Kier alpha value is -0.0800. The molecule has 0 saturated heterocycles. The molecule has 1 fully saturated rings. The van der Waals surface area contributed by atoms with Crippen molar-refractivity contribution in [1.82, 2.24) is 0 Å². The van der Waals surface area contributed by atoms with Gasteiger partial charge in [-0.05, 0) is 19.3 Å². The van der Waals surface area contributed by atoms with Crippen LogP contribution in [-0.4, -0.2) is 18.8 Å². The molecule has 1 rings (SSSR count). The highest BCUT2D eigenvalue weighted by Crippen LogP contribution is 2.29. The largest absolute Gasteiger partial charge is 0.374 e. The minimum absolute atomic E-state index is 0.0334. The van der Waals surface area contributed by atoms with Crippen molar-refractivity contribution < 1.29 is 4.74 Å². The van der Waals surface area contributed by atoms with Crippen LogP contribution in [0.3, 0.4) is 0 Å². The normalized spacial score (nSPS) is 21.9. The molecule has 0 spiro atoms. The molecule has 0 unspecified atom stereocenters. The number of rotatable bonds is 5. The van der Waals surface area contributed by atoms with E-state index < -0.39 is 0 Å². The van der Waals surface area contributed by atoms with Crippen molar-refractivity contribution in [3.63, 3.8) is 0 Å². The van der Waals surface area contributed by atoms with Gasteiger partial charge in [-0.3, -0.25) is 0 Å². The van der Waals surface area contributed by atoms with E-state index in [1.807, 2.05) is 0 Å². The predicted octanol–water partition coefficient (Wildman–Crippen LogP) is 2.85. The van der Waals surface area contributed by atoms with Gasteiger partial charge >= 0.3 is 0 Å². The topological polar surface area (TPSA) is 35.2 Å². The van der Waals surface area contributed by atoms with Gasteiger partial charge in [0.25, 0.3) is 0 Å². The first kappa shape index (κ1) is 12.0. The maximum absolute atomic E-state index is 6.02. The van der Waals surface area contributed by atoms with Gasteiger partial charge in [0, 0.05) is 13.2 Å². The van der Waals surface area contributed by atoms with Crippen molar-refractivity contribution in [3.8, 4) is 0 Å². The molecule has 0 radical (unpaired) electrons. The number of nitrogens with two attached hydrogens (primary N) is 1. The zero-order valence-corrected chi connectivity index (χ0v) is 9.56. The summed E-state index contributed by atoms with van der Waals surface area (Å²) in [5, 5.41) is 0. The molecule has 1 aliphatic carbocycles. The van der Waals surface area contributed by atoms with Crippen molar-refractivity contribution in [2.24, 2.45) is 5.73 Å². The smallest absolute Gasteiger partial charge is 0.0804 e. The van der Waals surface area contributed by atoms with Gasteiger partial charge in [-0.15, -0.1) is 0 Å². The highest BCUT2D eigenvalue weighted by atomic mass is 16.5. The van der Waals surface area contributed by atoms with Crippen LogP contribution in [-0.2, 0) is 4.74 Å². The van der Waals surface area contributed by atoms with Gasteiger partial charge in [0.15, 0.2) is 0 Å². The molecule has 2 nitrogen and oxygen atoms in total. The first-order valence-corrected chi connectivity index (χ1v) is 6.17. The summed E-state index contributed by atoms with van der Waals surface area (Å²) in [7, 11) is 0. The van der Waals surface area contributed by atoms with Crippen LogP contribution in [0, 0.1) is 0 Å². The Balaban J connectivity index is 2.37. The van der Waals surface area contributed by atoms with Crippen LogP contribution in [0.2, 0.25) is 0 Å². The summed E-state index contributed by atoms with van der Waals surface area (Å²) in [5.41, 5.74) is 5.90. The fraction of sp³-hybridized carbons (Fsp3) is 1.00. The van der Waals surface area contributed by atoms with E-state index in [1.165, 1.54) is 51.4 Å². The first-order chi connectivity index (χ1) is 6.83. The molecule has 0 heterocycles. The summed E-state index contributed by atoms with van der Waals surface area (Å²) in [6.07, 6.45) is 10.0. The third kappa shape index (κ3) is 3.58. The van der Waals surface area contributed by atoms with Gasteiger partial charge in [0.05, 0.1) is 5.60 Å². The summed E-state index contributed by atoms with van der Waals surface area (Å²) in [6.45, 7) is 3.80. The summed E-state index contributed by atoms with van der Waals surface area (Å²) < 4.78 is 6.02. The van der Waals surface area contributed by atoms with E-state index in [2.05, 4.69) is 6.92 Å². The Morgan fingerprint density at radius 2 is 1.79 bits per heavy atom. The zero-order valence-electron chi connectivity index (χ0n) is 9.56. The molecule has 0 atom stereocenters. The number of hydrogen-bond acceptors (Lipinski definition) is 2. The molecule has 0 bridgehead atoms. The van der Waals surface area contributed by atoms with E-state index in [0.29, 0.717) is 6.54 Å². The molecule has 0 aromatic rings. The van der Waals surface area contributed by atoms with Crippen LogP contribution < -0.4 is 5.73 Å². The Bertz CT molecular complexity index is 139. The SMILES string of the molecule is CCCCOC1(CN)CCCCCC1. The highest BCUT2D eigenvalue weighted by molar-refractivity contribution is 4.84. The first-order valence-electron chi connectivity index (χ1n) is 6.17. The fourth-order valence-electron chi connectivity index (χ4n) is 2.21. The van der Waals surface area contributed by atoms with Crippen molar-refractivity contribution in [3.05, 3.63) is 0 Å².